The Kier molecular flexibility index (Phi) is 5.20. The molecule has 0 heterocycles. The van der Waals surface area contributed by atoms with Gasteiger partial charge in [0.2, 0.25) is 0 Å². The average Bonchev–Trinajstić information content (AvgIpc) is 2.44. The lowest BCUT2D eigenvalue weighted by Crippen LogP contribution is -2.42. The maximum absolute atomic E-state index is 11.3. The number of allylic oxidation sites excluding steroid dienone is 2. The van der Waals surface area contributed by atoms with Gasteiger partial charge in [-0.25, -0.2) is 0 Å². The molecule has 0 bridgehead atoms. The van der Waals surface area contributed by atoms with Gasteiger partial charge in [-0.3, -0.25) is 4.79 Å². The van der Waals surface area contributed by atoms with E-state index in [1.54, 1.807) is 0 Å². The van der Waals surface area contributed by atoms with E-state index in [0.717, 1.165) is 18.3 Å². The minimum atomic E-state index is -1.76. The SMILES string of the molecule is CC1(C)C=C[C@@H](CO[Si](C)(C)C(C)(C)C)C(C=O)=CC1. The van der Waals surface area contributed by atoms with Crippen molar-refractivity contribution in [1.29, 1.82) is 0 Å². The third-order valence-corrected chi connectivity index (χ3v) is 9.14. The van der Waals surface area contributed by atoms with Crippen LogP contribution < -0.4 is 0 Å². The van der Waals surface area contributed by atoms with E-state index in [1.165, 1.54) is 0 Å². The van der Waals surface area contributed by atoms with Gasteiger partial charge in [0.15, 0.2) is 8.32 Å². The molecule has 0 aliphatic heterocycles. The topological polar surface area (TPSA) is 26.3 Å². The van der Waals surface area contributed by atoms with Crippen molar-refractivity contribution in [3.63, 3.8) is 0 Å². The summed E-state index contributed by atoms with van der Waals surface area (Å²) in [4.78, 5) is 11.3. The van der Waals surface area contributed by atoms with Crippen LogP contribution in [0.3, 0.4) is 0 Å². The van der Waals surface area contributed by atoms with Crippen molar-refractivity contribution in [3.8, 4) is 0 Å². The number of hydrogen-bond donors (Lipinski definition) is 0. The predicted molar refractivity (Wildman–Crippen MR) is 88.3 cm³/mol. The van der Waals surface area contributed by atoms with Crippen LogP contribution in [0, 0.1) is 11.3 Å². The van der Waals surface area contributed by atoms with Crippen LogP contribution in [0.1, 0.15) is 41.0 Å². The van der Waals surface area contributed by atoms with Gasteiger partial charge in [0.05, 0.1) is 0 Å². The summed E-state index contributed by atoms with van der Waals surface area (Å²) in [5.41, 5.74) is 0.991. The minimum Gasteiger partial charge on any atom is -0.416 e. The molecule has 3 heteroatoms. The van der Waals surface area contributed by atoms with Crippen LogP contribution in [0.2, 0.25) is 18.1 Å². The molecule has 0 aromatic rings. The molecule has 0 aromatic carbocycles. The molecule has 114 valence electrons. The van der Waals surface area contributed by atoms with Gasteiger partial charge in [-0.15, -0.1) is 0 Å². The van der Waals surface area contributed by atoms with Gasteiger partial charge in [-0.1, -0.05) is 52.8 Å². The zero-order valence-corrected chi connectivity index (χ0v) is 15.1. The van der Waals surface area contributed by atoms with Crippen molar-refractivity contribution in [2.24, 2.45) is 11.3 Å². The van der Waals surface area contributed by atoms with E-state index >= 15 is 0 Å². The van der Waals surface area contributed by atoms with Crippen LogP contribution >= 0.6 is 0 Å². The van der Waals surface area contributed by atoms with Crippen LogP contribution in [0.25, 0.3) is 0 Å². The lowest BCUT2D eigenvalue weighted by molar-refractivity contribution is -0.105. The first kappa shape index (κ1) is 17.4. The van der Waals surface area contributed by atoms with E-state index in [4.69, 9.17) is 4.43 Å². The fraction of sp³-hybridized carbons (Fsp3) is 0.706. The highest BCUT2D eigenvalue weighted by Gasteiger charge is 2.37. The number of hydrogen-bond acceptors (Lipinski definition) is 2. The highest BCUT2D eigenvalue weighted by molar-refractivity contribution is 6.74. The summed E-state index contributed by atoms with van der Waals surface area (Å²) in [6.07, 6.45) is 8.35. The van der Waals surface area contributed by atoms with Crippen molar-refractivity contribution in [2.75, 3.05) is 6.61 Å². The highest BCUT2D eigenvalue weighted by Crippen LogP contribution is 2.37. The van der Waals surface area contributed by atoms with Gasteiger partial charge in [0.1, 0.15) is 6.29 Å². The number of aldehydes is 1. The Morgan fingerprint density at radius 2 is 2.00 bits per heavy atom. The van der Waals surface area contributed by atoms with E-state index in [1.807, 2.05) is 0 Å². The van der Waals surface area contributed by atoms with Crippen molar-refractivity contribution in [3.05, 3.63) is 23.8 Å². The van der Waals surface area contributed by atoms with Crippen molar-refractivity contribution >= 4 is 14.6 Å². The summed E-state index contributed by atoms with van der Waals surface area (Å²) in [5, 5.41) is 0.200. The summed E-state index contributed by atoms with van der Waals surface area (Å²) >= 11 is 0. The second kappa shape index (κ2) is 5.98. The maximum Gasteiger partial charge on any atom is 0.192 e. The second-order valence-electron chi connectivity index (χ2n) is 8.05. The van der Waals surface area contributed by atoms with Crippen LogP contribution in [-0.2, 0) is 9.22 Å². The molecule has 2 nitrogen and oxygen atoms in total. The minimum absolute atomic E-state index is 0.100. The third-order valence-electron chi connectivity index (χ3n) is 4.64. The summed E-state index contributed by atoms with van der Waals surface area (Å²) in [5.74, 6) is 0.100. The Labute approximate surface area is 125 Å². The number of carbonyl (C=O) groups excluding carboxylic acids is 1. The fourth-order valence-corrected chi connectivity index (χ4v) is 2.92. The van der Waals surface area contributed by atoms with Crippen LogP contribution in [0.4, 0.5) is 0 Å². The van der Waals surface area contributed by atoms with Gasteiger partial charge in [-0.2, -0.15) is 0 Å². The van der Waals surface area contributed by atoms with Crippen molar-refractivity contribution < 1.29 is 9.22 Å². The van der Waals surface area contributed by atoms with Gasteiger partial charge in [0, 0.05) is 12.5 Å². The summed E-state index contributed by atoms with van der Waals surface area (Å²) in [6.45, 7) is 16.2. The quantitative estimate of drug-likeness (QED) is 0.425. The van der Waals surface area contributed by atoms with Crippen LogP contribution in [0.5, 0.6) is 0 Å². The normalized spacial score (nSPS) is 23.1. The molecule has 0 saturated heterocycles. The maximum atomic E-state index is 11.3. The summed E-state index contributed by atoms with van der Waals surface area (Å²) < 4.78 is 6.28. The molecule has 0 N–H and O–H groups in total. The first-order valence-corrected chi connectivity index (χ1v) is 10.4. The summed E-state index contributed by atoms with van der Waals surface area (Å²) in [7, 11) is -1.76. The molecule has 20 heavy (non-hydrogen) atoms. The Morgan fingerprint density at radius 1 is 1.40 bits per heavy atom. The summed E-state index contributed by atoms with van der Waals surface area (Å²) in [6, 6.07) is 0. The number of rotatable bonds is 4. The molecule has 1 aliphatic carbocycles. The largest absolute Gasteiger partial charge is 0.416 e. The molecular weight excluding hydrogens is 264 g/mol. The molecule has 0 amide bonds. The highest BCUT2D eigenvalue weighted by atomic mass is 28.4. The Bertz CT molecular complexity index is 411. The molecular formula is C17H30O2Si. The van der Waals surface area contributed by atoms with Gasteiger partial charge in [-0.05, 0) is 35.5 Å². The zero-order valence-electron chi connectivity index (χ0n) is 14.1. The molecule has 0 spiro atoms. The van der Waals surface area contributed by atoms with Crippen molar-refractivity contribution in [2.45, 2.75) is 59.2 Å². The molecule has 0 fully saturated rings. The van der Waals surface area contributed by atoms with Gasteiger partial charge < -0.3 is 4.43 Å². The van der Waals surface area contributed by atoms with Crippen LogP contribution in [0.15, 0.2) is 23.8 Å². The first-order chi connectivity index (χ1) is 8.98. The Balaban J connectivity index is 2.83. The third kappa shape index (κ3) is 4.42. The molecule has 0 aromatic heterocycles. The average molecular weight is 295 g/mol. The van der Waals surface area contributed by atoms with Crippen LogP contribution in [-0.4, -0.2) is 21.2 Å². The first-order valence-electron chi connectivity index (χ1n) is 7.47. The van der Waals surface area contributed by atoms with Gasteiger partial charge >= 0.3 is 0 Å². The standard InChI is InChI=1S/C17H30O2Si/c1-16(2,3)20(6,7)19-13-15-9-11-17(4,5)10-8-14(15)12-18/h8-9,11-12,15H,10,13H2,1-7H3/t15-/m0/s1. The molecule has 1 aliphatic rings. The lowest BCUT2D eigenvalue weighted by Gasteiger charge is -2.37. The van der Waals surface area contributed by atoms with E-state index < -0.39 is 8.32 Å². The molecule has 0 saturated carbocycles. The van der Waals surface area contributed by atoms with E-state index in [-0.39, 0.29) is 16.4 Å². The molecule has 0 radical (unpaired) electrons. The zero-order chi connectivity index (χ0) is 15.6. The van der Waals surface area contributed by atoms with E-state index in [2.05, 4.69) is 65.9 Å². The van der Waals surface area contributed by atoms with Gasteiger partial charge in [0.25, 0.3) is 0 Å². The smallest absolute Gasteiger partial charge is 0.192 e. The Morgan fingerprint density at radius 3 is 2.50 bits per heavy atom. The fourth-order valence-electron chi connectivity index (χ4n) is 1.89. The molecule has 1 rings (SSSR count). The molecule has 0 unspecified atom stereocenters. The molecule has 1 atom stereocenters. The second-order valence-corrected chi connectivity index (χ2v) is 12.9. The van der Waals surface area contributed by atoms with E-state index in [0.29, 0.717) is 6.61 Å². The van der Waals surface area contributed by atoms with E-state index in [9.17, 15) is 4.79 Å². The monoisotopic (exact) mass is 294 g/mol. The van der Waals surface area contributed by atoms with Crippen molar-refractivity contribution in [1.82, 2.24) is 0 Å². The number of carbonyl (C=O) groups is 1. The Hall–Kier alpha value is -0.673. The lowest BCUT2D eigenvalue weighted by atomic mass is 9.90. The predicted octanol–water partition coefficient (Wildman–Crippen LogP) is 4.74.